The molecule has 340 valence electrons. The molecule has 2 atom stereocenters. The van der Waals surface area contributed by atoms with E-state index in [0.717, 1.165) is 40.6 Å². The molecule has 0 saturated carbocycles. The first-order valence-electron chi connectivity index (χ1n) is 22.3. The van der Waals surface area contributed by atoms with E-state index in [4.69, 9.17) is 43.2 Å². The Bertz CT molecular complexity index is 2770. The second-order valence-electron chi connectivity index (χ2n) is 16.4. The zero-order valence-electron chi connectivity index (χ0n) is 37.8. The number of nitrogens with zero attached hydrogens (tertiary/aromatic N) is 6. The van der Waals surface area contributed by atoms with Gasteiger partial charge in [-0.2, -0.15) is 10.2 Å². The molecule has 0 radical (unpaired) electrons. The molecule has 12 heteroatoms. The highest BCUT2D eigenvalue weighted by molar-refractivity contribution is 8.11. The average Bonchev–Trinajstić information content (AvgIpc) is 4.10. The summed E-state index contributed by atoms with van der Waals surface area (Å²) in [5, 5.41) is 13.7. The van der Waals surface area contributed by atoms with Crippen LogP contribution in [-0.2, 0) is 25.3 Å². The van der Waals surface area contributed by atoms with Crippen molar-refractivity contribution in [3.05, 3.63) is 181 Å². The summed E-state index contributed by atoms with van der Waals surface area (Å²) >= 11 is 21.8. The number of benzene rings is 7. The number of hydrazone groups is 2. The lowest BCUT2D eigenvalue weighted by Crippen LogP contribution is -2.46. The summed E-state index contributed by atoms with van der Waals surface area (Å²) in [7, 11) is 3.78. The van der Waals surface area contributed by atoms with E-state index >= 15 is 0 Å². The maximum absolute atomic E-state index is 5.69. The van der Waals surface area contributed by atoms with Crippen molar-refractivity contribution in [1.82, 2.24) is 19.8 Å². The van der Waals surface area contributed by atoms with Gasteiger partial charge in [-0.05, 0) is 140 Å². The molecule has 0 aromatic heterocycles. The van der Waals surface area contributed by atoms with Gasteiger partial charge >= 0.3 is 0 Å². The Balaban J connectivity index is 0.000000224. The van der Waals surface area contributed by atoms with Crippen molar-refractivity contribution in [3.63, 3.8) is 0 Å². The van der Waals surface area contributed by atoms with Gasteiger partial charge in [0.1, 0.15) is 6.67 Å². The fraction of sp³-hybridized carbons (Fsp3) is 0.182. The molecule has 2 N–H and O–H groups in total. The standard InChI is InChI=1S/C43H30S2.C7H13N3S2.C5H12N4S/c44-43(45)39-22-10-18-35(26-39)34-17-9-21-38(25-34)42-28-40(36-19-7-15-32(23-36)30-11-3-1-4-12-30)27-41(29-42)37-20-8-16-33(24-37)31-13-5-2-6-14-31;1-9-5-10(7(11)8-9)6-3-2-4-12-6;1-3-9-4(6)8(2)7-5(9)10/h1-29H,(H,44,45);6H,2-5H2,1H3,(H,8,11);4H,3,6H2,1-2H3,(H,7,10)/p-2. The molecule has 67 heavy (non-hydrogen) atoms. The molecule has 7 nitrogen and oxygen atoms in total. The molecule has 7 aromatic rings. The predicted octanol–water partition coefficient (Wildman–Crippen LogP) is 12.5. The van der Waals surface area contributed by atoms with E-state index < -0.39 is 0 Å². The highest BCUT2D eigenvalue weighted by Crippen LogP contribution is 2.37. The number of thiol groups is 1. The minimum atomic E-state index is -0.169. The minimum absolute atomic E-state index is 0.169. The third kappa shape index (κ3) is 11.9. The van der Waals surface area contributed by atoms with Gasteiger partial charge in [0, 0.05) is 31.0 Å². The molecule has 3 aliphatic heterocycles. The van der Waals surface area contributed by atoms with Crippen LogP contribution in [0.15, 0.2) is 186 Å². The van der Waals surface area contributed by atoms with E-state index in [2.05, 4.69) is 192 Å². The van der Waals surface area contributed by atoms with Crippen molar-refractivity contribution in [1.29, 1.82) is 0 Å². The number of hydrogen-bond donors (Lipinski definition) is 2. The van der Waals surface area contributed by atoms with Crippen LogP contribution in [0.4, 0.5) is 0 Å². The molecule has 3 heterocycles. The highest BCUT2D eigenvalue weighted by Gasteiger charge is 2.25. The van der Waals surface area contributed by atoms with Gasteiger partial charge < -0.3 is 35.1 Å². The van der Waals surface area contributed by atoms with Crippen LogP contribution in [0.3, 0.4) is 0 Å². The summed E-state index contributed by atoms with van der Waals surface area (Å²) < 4.78 is 0.598. The van der Waals surface area contributed by atoms with Crippen molar-refractivity contribution >= 4 is 76.4 Å². The second kappa shape index (κ2) is 22.4. The summed E-state index contributed by atoms with van der Waals surface area (Å²) in [5.41, 5.74) is 20.8. The summed E-state index contributed by atoms with van der Waals surface area (Å²) in [6, 6.07) is 62.8. The van der Waals surface area contributed by atoms with Gasteiger partial charge in [0.25, 0.3) is 0 Å². The quantitative estimate of drug-likeness (QED) is 0.0837. The van der Waals surface area contributed by atoms with Gasteiger partial charge in [-0.1, -0.05) is 146 Å². The largest absolute Gasteiger partial charge is 0.741 e. The zero-order chi connectivity index (χ0) is 46.9. The van der Waals surface area contributed by atoms with Crippen LogP contribution in [0.5, 0.6) is 0 Å². The van der Waals surface area contributed by atoms with Gasteiger partial charge in [-0.3, -0.25) is 15.8 Å². The topological polar surface area (TPSA) is 63.7 Å². The summed E-state index contributed by atoms with van der Waals surface area (Å²) in [6.45, 7) is 3.69. The van der Waals surface area contributed by atoms with Crippen LogP contribution in [0.25, 0.3) is 66.8 Å². The van der Waals surface area contributed by atoms with Crippen molar-refractivity contribution in [2.24, 2.45) is 15.9 Å². The molecule has 1 saturated heterocycles. The van der Waals surface area contributed by atoms with Crippen molar-refractivity contribution in [3.8, 4) is 66.8 Å². The molecule has 0 amide bonds. The number of thiocarbonyl (C=S) groups is 1. The lowest BCUT2D eigenvalue weighted by molar-refractivity contribution is 0.172. The van der Waals surface area contributed by atoms with Crippen LogP contribution in [0.1, 0.15) is 25.3 Å². The van der Waals surface area contributed by atoms with Crippen LogP contribution in [-0.4, -0.2) is 79.1 Å². The molecule has 0 aliphatic carbocycles. The molecular weight excluding hydrogens is 919 g/mol. The summed E-state index contributed by atoms with van der Waals surface area (Å²) in [6.07, 6.45) is 2.41. The average molecular weight is 972 g/mol. The Hall–Kier alpha value is -5.73. The van der Waals surface area contributed by atoms with E-state index in [9.17, 15) is 0 Å². The Labute approximate surface area is 422 Å². The van der Waals surface area contributed by atoms with E-state index in [1.165, 1.54) is 68.7 Å². The molecular formula is C55H53N7S5-2. The molecule has 10 rings (SSSR count). The first-order valence-corrected chi connectivity index (χ1v) is 25.0. The van der Waals surface area contributed by atoms with Crippen molar-refractivity contribution in [2.45, 2.75) is 31.4 Å². The molecule has 7 aromatic carbocycles. The third-order valence-electron chi connectivity index (χ3n) is 11.8. The van der Waals surface area contributed by atoms with Gasteiger partial charge in [0.05, 0.1) is 9.57 Å². The van der Waals surface area contributed by atoms with Crippen LogP contribution < -0.4 is 5.73 Å². The van der Waals surface area contributed by atoms with Crippen molar-refractivity contribution in [2.75, 3.05) is 33.1 Å². The monoisotopic (exact) mass is 971 g/mol. The molecule has 2 unspecified atom stereocenters. The molecule has 0 spiro atoms. The van der Waals surface area contributed by atoms with Crippen LogP contribution in [0.2, 0.25) is 0 Å². The van der Waals surface area contributed by atoms with E-state index in [1.807, 2.05) is 54.8 Å². The number of thioether (sulfide) groups is 1. The first-order chi connectivity index (χ1) is 32.5. The fourth-order valence-corrected chi connectivity index (χ4v) is 10.6. The summed E-state index contributed by atoms with van der Waals surface area (Å²) in [5.74, 6) is 1.27. The van der Waals surface area contributed by atoms with Crippen molar-refractivity contribution < 1.29 is 0 Å². The Kier molecular flexibility index (Phi) is 15.9. The molecule has 0 bridgehead atoms. The third-order valence-corrected chi connectivity index (χ3v) is 14.3. The van der Waals surface area contributed by atoms with Gasteiger partial charge in [-0.25, -0.2) is 0 Å². The molecule has 1 fully saturated rings. The lowest BCUT2D eigenvalue weighted by Gasteiger charge is -2.29. The van der Waals surface area contributed by atoms with Gasteiger partial charge in [-0.15, -0.1) is 24.4 Å². The van der Waals surface area contributed by atoms with E-state index in [1.54, 1.807) is 5.01 Å². The second-order valence-corrected chi connectivity index (χ2v) is 19.6. The lowest BCUT2D eigenvalue weighted by atomic mass is 9.90. The Morgan fingerprint density at radius 1 is 0.597 bits per heavy atom. The first kappa shape index (κ1) is 47.8. The highest BCUT2D eigenvalue weighted by atomic mass is 32.2. The zero-order valence-corrected chi connectivity index (χ0v) is 41.9. The number of rotatable bonds is 9. The predicted molar refractivity (Wildman–Crippen MR) is 297 cm³/mol. The maximum Gasteiger partial charge on any atom is 0.170 e. The maximum atomic E-state index is 5.69. The number of nitrogens with two attached hydrogens (primary N) is 1. The van der Waals surface area contributed by atoms with E-state index in [-0.39, 0.29) is 6.29 Å². The van der Waals surface area contributed by atoms with E-state index in [0.29, 0.717) is 14.7 Å². The Morgan fingerprint density at radius 2 is 1.01 bits per heavy atom. The fourth-order valence-electron chi connectivity index (χ4n) is 8.28. The van der Waals surface area contributed by atoms with Gasteiger partial charge in [0.2, 0.25) is 0 Å². The minimum Gasteiger partial charge on any atom is -0.741 e. The SMILES string of the molecule is CCN1C([S-])=NN(C)C1N.CN1CN(C2CCCS2)C([S-])=N1.S=C(S)c1cccc(-c2cccc(-c3cc(-c4cccc(-c5ccccc5)c4)cc(-c4cccc(-c5ccccc5)c4)c3)c2)c1. The summed E-state index contributed by atoms with van der Waals surface area (Å²) in [4.78, 5) is 4.07. The Morgan fingerprint density at radius 3 is 1.39 bits per heavy atom. The molecule has 3 aliphatic rings. The number of amidine groups is 2. The van der Waals surface area contributed by atoms with Gasteiger partial charge in [0.15, 0.2) is 6.29 Å². The van der Waals surface area contributed by atoms with Crippen LogP contribution in [0, 0.1) is 0 Å². The smallest absolute Gasteiger partial charge is 0.170 e. The normalized spacial score (nSPS) is 16.4. The number of hydrogen-bond acceptors (Lipinski definition) is 11. The van der Waals surface area contributed by atoms with Crippen LogP contribution >= 0.6 is 36.6 Å².